The van der Waals surface area contributed by atoms with E-state index in [1.165, 1.54) is 46.6 Å². The lowest BCUT2D eigenvalue weighted by Crippen LogP contribution is -2.53. The van der Waals surface area contributed by atoms with Crippen LogP contribution in [-0.2, 0) is 13.6 Å². The zero-order chi connectivity index (χ0) is 28.4. The highest BCUT2D eigenvalue weighted by atomic mass is 16.5. The average Bonchev–Trinajstić information content (AvgIpc) is 3.28. The van der Waals surface area contributed by atoms with Gasteiger partial charge in [-0.2, -0.15) is 0 Å². The van der Waals surface area contributed by atoms with Crippen LogP contribution >= 0.6 is 0 Å². The highest BCUT2D eigenvalue weighted by molar-refractivity contribution is 6.08. The van der Waals surface area contributed by atoms with Crippen molar-refractivity contribution >= 4 is 27.7 Å². The summed E-state index contributed by atoms with van der Waals surface area (Å²) in [6.07, 6.45) is 8.18. The van der Waals surface area contributed by atoms with E-state index in [-0.39, 0.29) is 17.6 Å². The Balaban J connectivity index is 1.03. The van der Waals surface area contributed by atoms with Crippen molar-refractivity contribution in [1.29, 1.82) is 0 Å². The molecule has 1 amide bonds. The first-order valence-corrected chi connectivity index (χ1v) is 15.3. The minimum absolute atomic E-state index is 0.0137. The maximum Gasteiger partial charge on any atom is 0.251 e. The molecule has 1 saturated carbocycles. The number of piperidine rings is 1. The van der Waals surface area contributed by atoms with Crippen LogP contribution in [0.3, 0.4) is 0 Å². The maximum atomic E-state index is 13.1. The molecule has 0 unspecified atom stereocenters. The summed E-state index contributed by atoms with van der Waals surface area (Å²) in [5, 5.41) is 5.88. The number of amides is 1. The smallest absolute Gasteiger partial charge is 0.251 e. The number of likely N-dealkylation sites (tertiary alicyclic amines) is 1. The zero-order valence-electron chi connectivity index (χ0n) is 24.9. The number of rotatable bonds is 8. The van der Waals surface area contributed by atoms with Crippen molar-refractivity contribution in [2.24, 2.45) is 7.05 Å². The third-order valence-electron chi connectivity index (χ3n) is 9.63. The molecular formula is C35H44N4O2. The van der Waals surface area contributed by atoms with Crippen molar-refractivity contribution in [3.8, 4) is 5.75 Å². The number of carbonyl (C=O) groups excluding carboxylic acids is 1. The minimum atomic E-state index is -0.0137. The second kappa shape index (κ2) is 11.9. The quantitative estimate of drug-likeness (QED) is 0.276. The number of aromatic nitrogens is 1. The summed E-state index contributed by atoms with van der Waals surface area (Å²) >= 11 is 0. The highest BCUT2D eigenvalue weighted by Gasteiger charge is 2.34. The number of hydrogen-bond donors (Lipinski definition) is 1. The van der Waals surface area contributed by atoms with Gasteiger partial charge in [0, 0.05) is 66.1 Å². The van der Waals surface area contributed by atoms with Crippen LogP contribution in [0.1, 0.15) is 60.9 Å². The third kappa shape index (κ3) is 5.86. The lowest BCUT2D eigenvalue weighted by atomic mass is 9.80. The SMILES string of the molecule is CN(C)C1(CNC(=O)c2cccc(OC3CCN(Cc4ccc5c(c4)c4ccccc4n5C)CC3)c2)CCCCC1. The predicted octanol–water partition coefficient (Wildman–Crippen LogP) is 6.37. The summed E-state index contributed by atoms with van der Waals surface area (Å²) in [4.78, 5) is 17.9. The normalized spacial score (nSPS) is 18.2. The average molecular weight is 553 g/mol. The van der Waals surface area contributed by atoms with E-state index in [0.29, 0.717) is 12.1 Å². The van der Waals surface area contributed by atoms with Gasteiger partial charge in [0.15, 0.2) is 0 Å². The standard InChI is InChI=1S/C35H44N4O2/c1-37(2)35(18-7-4-8-19-35)25-36-34(40)27-10-9-11-29(23-27)41-28-16-20-39(21-17-28)24-26-14-15-33-31(22-26)30-12-5-6-13-32(30)38(33)3/h5-6,9-15,22-23,28H,4,7-8,16-21,24-25H2,1-3H3,(H,36,40). The number of nitrogens with zero attached hydrogens (tertiary/aromatic N) is 3. The van der Waals surface area contributed by atoms with Gasteiger partial charge in [0.1, 0.15) is 11.9 Å². The second-order valence-corrected chi connectivity index (χ2v) is 12.4. The van der Waals surface area contributed by atoms with E-state index >= 15 is 0 Å². The van der Waals surface area contributed by atoms with Crippen LogP contribution in [0.15, 0.2) is 66.7 Å². The fourth-order valence-electron chi connectivity index (χ4n) is 7.00. The van der Waals surface area contributed by atoms with E-state index in [1.54, 1.807) is 0 Å². The number of hydrogen-bond acceptors (Lipinski definition) is 4. The van der Waals surface area contributed by atoms with Crippen LogP contribution in [0.25, 0.3) is 21.8 Å². The molecule has 1 N–H and O–H groups in total. The summed E-state index contributed by atoms with van der Waals surface area (Å²) in [5.41, 5.74) is 4.66. The molecule has 1 aliphatic heterocycles. The van der Waals surface area contributed by atoms with E-state index in [2.05, 4.69) is 83.3 Å². The molecule has 2 aliphatic rings. The van der Waals surface area contributed by atoms with Crippen molar-refractivity contribution in [2.45, 2.75) is 63.1 Å². The largest absolute Gasteiger partial charge is 0.490 e. The van der Waals surface area contributed by atoms with Crippen molar-refractivity contribution < 1.29 is 9.53 Å². The van der Waals surface area contributed by atoms with Crippen molar-refractivity contribution in [1.82, 2.24) is 19.7 Å². The van der Waals surface area contributed by atoms with Gasteiger partial charge in [0.25, 0.3) is 5.91 Å². The summed E-state index contributed by atoms with van der Waals surface area (Å²) in [7, 11) is 6.43. The van der Waals surface area contributed by atoms with Crippen molar-refractivity contribution in [3.05, 3.63) is 77.9 Å². The Morgan fingerprint density at radius 3 is 2.46 bits per heavy atom. The molecule has 3 aromatic carbocycles. The Labute approximate surface area is 244 Å². The fraction of sp³-hybridized carbons (Fsp3) is 0.457. The topological polar surface area (TPSA) is 49.7 Å². The second-order valence-electron chi connectivity index (χ2n) is 12.4. The molecule has 6 rings (SSSR count). The first-order valence-electron chi connectivity index (χ1n) is 15.3. The Hall–Kier alpha value is -3.35. The van der Waals surface area contributed by atoms with E-state index in [1.807, 2.05) is 24.3 Å². The first kappa shape index (κ1) is 27.8. The first-order chi connectivity index (χ1) is 19.9. The molecule has 6 heteroatoms. The molecule has 1 aliphatic carbocycles. The number of likely N-dealkylation sites (N-methyl/N-ethyl adjacent to an activating group) is 1. The van der Waals surface area contributed by atoms with Crippen molar-refractivity contribution in [2.75, 3.05) is 33.7 Å². The molecule has 1 saturated heterocycles. The summed E-state index contributed by atoms with van der Waals surface area (Å²) in [6, 6.07) is 23.3. The Morgan fingerprint density at radius 1 is 0.927 bits per heavy atom. The molecular weight excluding hydrogens is 508 g/mol. The molecule has 0 spiro atoms. The predicted molar refractivity (Wildman–Crippen MR) is 168 cm³/mol. The van der Waals surface area contributed by atoms with Gasteiger partial charge in [-0.3, -0.25) is 9.69 Å². The molecule has 0 atom stereocenters. The Kier molecular flexibility index (Phi) is 8.05. The lowest BCUT2D eigenvalue weighted by Gasteiger charge is -2.43. The van der Waals surface area contributed by atoms with Crippen LogP contribution in [0.5, 0.6) is 5.75 Å². The zero-order valence-corrected chi connectivity index (χ0v) is 24.9. The number of nitrogens with one attached hydrogen (secondary N) is 1. The Morgan fingerprint density at radius 2 is 1.68 bits per heavy atom. The van der Waals surface area contributed by atoms with Gasteiger partial charge in [-0.1, -0.05) is 49.6 Å². The van der Waals surface area contributed by atoms with Gasteiger partial charge < -0.3 is 19.5 Å². The molecule has 216 valence electrons. The fourth-order valence-corrected chi connectivity index (χ4v) is 7.00. The van der Waals surface area contributed by atoms with Crippen LogP contribution in [0.2, 0.25) is 0 Å². The number of fused-ring (bicyclic) bond motifs is 3. The molecule has 2 fully saturated rings. The minimum Gasteiger partial charge on any atom is -0.490 e. The third-order valence-corrected chi connectivity index (χ3v) is 9.63. The van der Waals surface area contributed by atoms with Crippen LogP contribution in [0, 0.1) is 0 Å². The van der Waals surface area contributed by atoms with Crippen LogP contribution in [0.4, 0.5) is 0 Å². The van der Waals surface area contributed by atoms with Gasteiger partial charge in [0.2, 0.25) is 0 Å². The number of carbonyl (C=O) groups is 1. The summed E-state index contributed by atoms with van der Waals surface area (Å²) < 4.78 is 8.67. The molecule has 0 radical (unpaired) electrons. The number of ether oxygens (including phenoxy) is 1. The summed E-state index contributed by atoms with van der Waals surface area (Å²) in [6.45, 7) is 3.65. The Bertz CT molecular complexity index is 1510. The van der Waals surface area contributed by atoms with Crippen LogP contribution in [-0.4, -0.2) is 65.6 Å². The molecule has 1 aromatic heterocycles. The number of para-hydroxylation sites is 1. The maximum absolute atomic E-state index is 13.1. The van der Waals surface area contributed by atoms with Gasteiger partial charge >= 0.3 is 0 Å². The van der Waals surface area contributed by atoms with Crippen LogP contribution < -0.4 is 10.1 Å². The van der Waals surface area contributed by atoms with E-state index < -0.39 is 0 Å². The number of benzene rings is 3. The van der Waals surface area contributed by atoms with Gasteiger partial charge in [-0.05, 0) is 81.7 Å². The monoisotopic (exact) mass is 552 g/mol. The van der Waals surface area contributed by atoms with Crippen molar-refractivity contribution in [3.63, 3.8) is 0 Å². The van der Waals surface area contributed by atoms with Gasteiger partial charge in [0.05, 0.1) is 0 Å². The molecule has 41 heavy (non-hydrogen) atoms. The van der Waals surface area contributed by atoms with Gasteiger partial charge in [-0.15, -0.1) is 0 Å². The van der Waals surface area contributed by atoms with E-state index in [4.69, 9.17) is 4.74 Å². The molecule has 4 aromatic rings. The highest BCUT2D eigenvalue weighted by Crippen LogP contribution is 2.32. The molecule has 0 bridgehead atoms. The molecule has 2 heterocycles. The lowest BCUT2D eigenvalue weighted by molar-refractivity contribution is 0.0797. The van der Waals surface area contributed by atoms with E-state index in [0.717, 1.165) is 51.1 Å². The number of aryl methyl sites for hydroxylation is 1. The summed E-state index contributed by atoms with van der Waals surface area (Å²) in [5.74, 6) is 0.776. The van der Waals surface area contributed by atoms with Gasteiger partial charge in [-0.25, -0.2) is 0 Å². The molecule has 6 nitrogen and oxygen atoms in total. The van der Waals surface area contributed by atoms with E-state index in [9.17, 15) is 4.79 Å².